The smallest absolute Gasteiger partial charge is 0.168 e. The van der Waals surface area contributed by atoms with E-state index in [2.05, 4.69) is 9.82 Å². The Labute approximate surface area is 59.8 Å². The van der Waals surface area contributed by atoms with Crippen LogP contribution in [0.4, 0.5) is 0 Å². The van der Waals surface area contributed by atoms with Crippen molar-refractivity contribution in [2.45, 2.75) is 13.8 Å². The second kappa shape index (κ2) is 2.66. The maximum absolute atomic E-state index is 4.96. The van der Waals surface area contributed by atoms with E-state index in [9.17, 15) is 0 Å². The average molecular weight is 138 g/mol. The molecule has 2 N–H and O–H groups in total. The molecule has 0 fully saturated rings. The Kier molecular flexibility index (Phi) is 1.87. The number of nitrogens with two attached hydrogens (primary N) is 1. The summed E-state index contributed by atoms with van der Waals surface area (Å²) in [7, 11) is 0. The van der Waals surface area contributed by atoms with Crippen LogP contribution in [0.3, 0.4) is 0 Å². The highest BCUT2D eigenvalue weighted by molar-refractivity contribution is 5.27. The molecule has 0 aliphatic heterocycles. The fourth-order valence-corrected chi connectivity index (χ4v) is 0.798. The monoisotopic (exact) mass is 138 g/mol. The van der Waals surface area contributed by atoms with Crippen molar-refractivity contribution < 1.29 is 4.84 Å². The molecule has 0 aliphatic rings. The molecule has 0 bridgehead atoms. The SMILES string of the molecule is Cc1ccc(ON)c(C)n1. The van der Waals surface area contributed by atoms with E-state index in [-0.39, 0.29) is 0 Å². The van der Waals surface area contributed by atoms with Gasteiger partial charge in [0.2, 0.25) is 0 Å². The summed E-state index contributed by atoms with van der Waals surface area (Å²) in [5.74, 6) is 5.59. The summed E-state index contributed by atoms with van der Waals surface area (Å²) >= 11 is 0. The molecule has 0 radical (unpaired) electrons. The van der Waals surface area contributed by atoms with Crippen LogP contribution >= 0.6 is 0 Å². The van der Waals surface area contributed by atoms with Gasteiger partial charge < -0.3 is 4.84 Å². The molecule has 0 aromatic carbocycles. The Morgan fingerprint density at radius 3 is 2.60 bits per heavy atom. The third-order valence-electron chi connectivity index (χ3n) is 1.30. The summed E-state index contributed by atoms with van der Waals surface area (Å²) < 4.78 is 0. The zero-order valence-electron chi connectivity index (χ0n) is 6.09. The Morgan fingerprint density at radius 2 is 2.10 bits per heavy atom. The highest BCUT2D eigenvalue weighted by Crippen LogP contribution is 2.12. The van der Waals surface area contributed by atoms with Crippen molar-refractivity contribution in [3.05, 3.63) is 23.5 Å². The van der Waals surface area contributed by atoms with Gasteiger partial charge in [-0.1, -0.05) is 0 Å². The van der Waals surface area contributed by atoms with Crippen molar-refractivity contribution in [3.8, 4) is 5.75 Å². The van der Waals surface area contributed by atoms with E-state index >= 15 is 0 Å². The predicted molar refractivity (Wildman–Crippen MR) is 38.5 cm³/mol. The molecule has 3 heteroatoms. The van der Waals surface area contributed by atoms with Crippen molar-refractivity contribution >= 4 is 0 Å². The number of pyridine rings is 1. The van der Waals surface area contributed by atoms with E-state index in [0.29, 0.717) is 5.75 Å². The first-order valence-corrected chi connectivity index (χ1v) is 3.05. The van der Waals surface area contributed by atoms with Crippen molar-refractivity contribution in [1.29, 1.82) is 0 Å². The van der Waals surface area contributed by atoms with Crippen molar-refractivity contribution in [2.75, 3.05) is 0 Å². The molecule has 0 unspecified atom stereocenters. The number of nitrogens with zero attached hydrogens (tertiary/aromatic N) is 1. The topological polar surface area (TPSA) is 48.1 Å². The molecule has 3 nitrogen and oxygen atoms in total. The first kappa shape index (κ1) is 7.02. The minimum absolute atomic E-state index is 0.630. The van der Waals surface area contributed by atoms with E-state index < -0.39 is 0 Å². The third-order valence-corrected chi connectivity index (χ3v) is 1.30. The van der Waals surface area contributed by atoms with Gasteiger partial charge in [-0.2, -0.15) is 5.90 Å². The molecule has 1 heterocycles. The zero-order valence-corrected chi connectivity index (χ0v) is 6.09. The van der Waals surface area contributed by atoms with Gasteiger partial charge in [0.1, 0.15) is 0 Å². The number of aromatic nitrogens is 1. The summed E-state index contributed by atoms with van der Waals surface area (Å²) in [5.41, 5.74) is 1.79. The molecule has 0 spiro atoms. The minimum atomic E-state index is 0.630. The van der Waals surface area contributed by atoms with E-state index in [0.717, 1.165) is 11.4 Å². The summed E-state index contributed by atoms with van der Waals surface area (Å²) in [6.45, 7) is 3.78. The summed E-state index contributed by atoms with van der Waals surface area (Å²) in [6.07, 6.45) is 0. The summed E-state index contributed by atoms with van der Waals surface area (Å²) in [5, 5.41) is 0. The highest BCUT2D eigenvalue weighted by Gasteiger charge is 1.97. The Balaban J connectivity index is 3.07. The fourth-order valence-electron chi connectivity index (χ4n) is 0.798. The van der Waals surface area contributed by atoms with Crippen molar-refractivity contribution in [1.82, 2.24) is 4.98 Å². The standard InChI is InChI=1S/C7H10N2O/c1-5-3-4-7(10-8)6(2)9-5/h3-4H,8H2,1-2H3. The lowest BCUT2D eigenvalue weighted by atomic mass is 10.3. The molecular formula is C7H10N2O. The van der Waals surface area contributed by atoms with Crippen LogP contribution in [-0.2, 0) is 0 Å². The molecule has 0 amide bonds. The fraction of sp³-hybridized carbons (Fsp3) is 0.286. The molecule has 10 heavy (non-hydrogen) atoms. The quantitative estimate of drug-likeness (QED) is 0.588. The minimum Gasteiger partial charge on any atom is -0.410 e. The normalized spacial score (nSPS) is 9.50. The van der Waals surface area contributed by atoms with Gasteiger partial charge in [0.15, 0.2) is 5.75 Å². The number of rotatable bonds is 1. The summed E-state index contributed by atoms with van der Waals surface area (Å²) in [6, 6.07) is 3.66. The van der Waals surface area contributed by atoms with Crippen LogP contribution in [0.2, 0.25) is 0 Å². The molecule has 0 saturated heterocycles. The molecular weight excluding hydrogens is 128 g/mol. The van der Waals surface area contributed by atoms with Crippen LogP contribution in [-0.4, -0.2) is 4.98 Å². The van der Waals surface area contributed by atoms with E-state index in [1.54, 1.807) is 6.07 Å². The van der Waals surface area contributed by atoms with Gasteiger partial charge in [-0.05, 0) is 26.0 Å². The van der Waals surface area contributed by atoms with E-state index in [1.165, 1.54) is 0 Å². The number of hydrogen-bond acceptors (Lipinski definition) is 3. The second-order valence-electron chi connectivity index (χ2n) is 2.15. The third kappa shape index (κ3) is 1.25. The maximum Gasteiger partial charge on any atom is 0.168 e. The molecule has 1 aromatic heterocycles. The van der Waals surface area contributed by atoms with Crippen molar-refractivity contribution in [2.24, 2.45) is 5.90 Å². The number of hydrogen-bond donors (Lipinski definition) is 1. The Morgan fingerprint density at radius 1 is 1.40 bits per heavy atom. The highest BCUT2D eigenvalue weighted by atomic mass is 16.6. The van der Waals surface area contributed by atoms with Crippen LogP contribution in [0, 0.1) is 13.8 Å². The van der Waals surface area contributed by atoms with Gasteiger partial charge >= 0.3 is 0 Å². The lowest BCUT2D eigenvalue weighted by Crippen LogP contribution is -2.04. The van der Waals surface area contributed by atoms with Gasteiger partial charge in [-0.15, -0.1) is 0 Å². The molecule has 1 rings (SSSR count). The Bertz CT molecular complexity index is 235. The van der Waals surface area contributed by atoms with Crippen LogP contribution in [0.25, 0.3) is 0 Å². The second-order valence-corrected chi connectivity index (χ2v) is 2.15. The van der Waals surface area contributed by atoms with E-state index in [1.807, 2.05) is 19.9 Å². The van der Waals surface area contributed by atoms with Gasteiger partial charge in [0.25, 0.3) is 0 Å². The molecule has 0 aliphatic carbocycles. The van der Waals surface area contributed by atoms with E-state index in [4.69, 9.17) is 5.90 Å². The zero-order chi connectivity index (χ0) is 7.56. The van der Waals surface area contributed by atoms with Gasteiger partial charge in [-0.3, -0.25) is 4.98 Å². The molecule has 54 valence electrons. The van der Waals surface area contributed by atoms with Crippen LogP contribution < -0.4 is 10.7 Å². The first-order chi connectivity index (χ1) is 4.74. The van der Waals surface area contributed by atoms with Gasteiger partial charge in [0.05, 0.1) is 5.69 Å². The lowest BCUT2D eigenvalue weighted by molar-refractivity contribution is 0.330. The van der Waals surface area contributed by atoms with Crippen molar-refractivity contribution in [3.63, 3.8) is 0 Å². The number of aryl methyl sites for hydroxylation is 2. The molecule has 1 aromatic rings. The first-order valence-electron chi connectivity index (χ1n) is 3.05. The average Bonchev–Trinajstić information content (AvgIpc) is 1.88. The summed E-state index contributed by atoms with van der Waals surface area (Å²) in [4.78, 5) is 8.68. The molecule has 0 saturated carbocycles. The largest absolute Gasteiger partial charge is 0.410 e. The predicted octanol–water partition coefficient (Wildman–Crippen LogP) is 0.951. The van der Waals surface area contributed by atoms with Gasteiger partial charge in [-0.25, -0.2) is 0 Å². The van der Waals surface area contributed by atoms with Crippen LogP contribution in [0.15, 0.2) is 12.1 Å². The molecule has 0 atom stereocenters. The maximum atomic E-state index is 4.96. The van der Waals surface area contributed by atoms with Gasteiger partial charge in [0, 0.05) is 5.69 Å². The van der Waals surface area contributed by atoms with Crippen LogP contribution in [0.5, 0.6) is 5.75 Å². The Hall–Kier alpha value is -1.09. The lowest BCUT2D eigenvalue weighted by Gasteiger charge is -2.01. The van der Waals surface area contributed by atoms with Crippen LogP contribution in [0.1, 0.15) is 11.4 Å².